The topological polar surface area (TPSA) is 18.5 Å². The molecule has 29 heavy (non-hydrogen) atoms. The molecule has 0 fully saturated rings. The van der Waals surface area contributed by atoms with Gasteiger partial charge in [0, 0.05) is 5.56 Å². The van der Waals surface area contributed by atoms with Gasteiger partial charge in [0.05, 0.1) is 5.56 Å². The zero-order chi connectivity index (χ0) is 20.9. The van der Waals surface area contributed by atoms with Crippen molar-refractivity contribution in [2.75, 3.05) is 0 Å². The van der Waals surface area contributed by atoms with E-state index in [0.29, 0.717) is 17.4 Å². The minimum absolute atomic E-state index is 0.295. The monoisotopic (exact) mass is 400 g/mol. The maximum atomic E-state index is 12.8. The average molecular weight is 400 g/mol. The molecule has 2 unspecified atom stereocenters. The summed E-state index contributed by atoms with van der Waals surface area (Å²) in [7, 11) is 0. The molecule has 2 atom stereocenters. The Balaban J connectivity index is 1.80. The smallest absolute Gasteiger partial charge is 0.416 e. The van der Waals surface area contributed by atoms with Gasteiger partial charge in [0.25, 0.3) is 6.29 Å². The highest BCUT2D eigenvalue weighted by Crippen LogP contribution is 2.32. The Labute approximate surface area is 168 Å². The van der Waals surface area contributed by atoms with Crippen molar-refractivity contribution >= 4 is 0 Å². The summed E-state index contributed by atoms with van der Waals surface area (Å²) in [5, 5.41) is 0. The highest BCUT2D eigenvalue weighted by atomic mass is 19.4. The van der Waals surface area contributed by atoms with E-state index in [-0.39, 0.29) is 0 Å². The quantitative estimate of drug-likeness (QED) is 0.385. The minimum atomic E-state index is -4.38. The van der Waals surface area contributed by atoms with Crippen LogP contribution in [0.25, 0.3) is 0 Å². The van der Waals surface area contributed by atoms with Gasteiger partial charge >= 0.3 is 6.18 Å². The molecule has 0 heterocycles. The fraction of sp³-hybridized carbons (Fsp3) is 0.250. The van der Waals surface area contributed by atoms with Crippen LogP contribution in [0, 0.1) is 0 Å². The maximum absolute atomic E-state index is 12.8. The number of ether oxygens (including phenoxy) is 2. The molecule has 2 nitrogen and oxygen atoms in total. The molecule has 0 saturated heterocycles. The van der Waals surface area contributed by atoms with E-state index in [9.17, 15) is 13.2 Å². The van der Waals surface area contributed by atoms with Crippen molar-refractivity contribution < 1.29 is 22.6 Å². The molecule has 152 valence electrons. The molecule has 0 aliphatic rings. The van der Waals surface area contributed by atoms with E-state index in [4.69, 9.17) is 9.47 Å². The average Bonchev–Trinajstić information content (AvgIpc) is 2.73. The van der Waals surface area contributed by atoms with Gasteiger partial charge in [-0.1, -0.05) is 56.3 Å². The van der Waals surface area contributed by atoms with Crippen LogP contribution >= 0.6 is 0 Å². The first-order valence-corrected chi connectivity index (χ1v) is 9.52. The Morgan fingerprint density at radius 2 is 1.24 bits per heavy atom. The Bertz CT molecular complexity index is 888. The molecule has 0 aliphatic heterocycles. The number of hydrogen-bond acceptors (Lipinski definition) is 2. The van der Waals surface area contributed by atoms with E-state index in [2.05, 4.69) is 13.8 Å². The predicted octanol–water partition coefficient (Wildman–Crippen LogP) is 7.38. The van der Waals surface area contributed by atoms with Gasteiger partial charge in [-0.05, 0) is 54.3 Å². The van der Waals surface area contributed by atoms with Gasteiger partial charge in [-0.3, -0.25) is 0 Å². The van der Waals surface area contributed by atoms with E-state index in [0.717, 1.165) is 24.1 Å². The van der Waals surface area contributed by atoms with Gasteiger partial charge in [0.1, 0.15) is 11.5 Å². The van der Waals surface area contributed by atoms with E-state index in [1.54, 1.807) is 0 Å². The lowest BCUT2D eigenvalue weighted by Gasteiger charge is -2.21. The third-order valence-corrected chi connectivity index (χ3v) is 4.80. The van der Waals surface area contributed by atoms with E-state index in [1.165, 1.54) is 17.7 Å². The normalized spacial score (nSPS) is 13.6. The van der Waals surface area contributed by atoms with Gasteiger partial charge in [-0.2, -0.15) is 13.2 Å². The van der Waals surface area contributed by atoms with Crippen molar-refractivity contribution in [2.24, 2.45) is 0 Å². The van der Waals surface area contributed by atoms with Crippen molar-refractivity contribution in [3.8, 4) is 11.5 Å². The summed E-state index contributed by atoms with van der Waals surface area (Å²) in [5.74, 6) is 1.37. The number of halogens is 3. The fourth-order valence-corrected chi connectivity index (χ4v) is 2.85. The van der Waals surface area contributed by atoms with Gasteiger partial charge in [0.15, 0.2) is 0 Å². The van der Waals surface area contributed by atoms with Gasteiger partial charge in [-0.25, -0.2) is 0 Å². The molecule has 0 N–H and O–H groups in total. The molecule has 0 amide bonds. The van der Waals surface area contributed by atoms with Crippen molar-refractivity contribution in [1.82, 2.24) is 0 Å². The predicted molar refractivity (Wildman–Crippen MR) is 107 cm³/mol. The van der Waals surface area contributed by atoms with Gasteiger partial charge in [-0.15, -0.1) is 0 Å². The summed E-state index contributed by atoms with van der Waals surface area (Å²) in [4.78, 5) is 0. The molecule has 0 aliphatic carbocycles. The van der Waals surface area contributed by atoms with Crippen LogP contribution in [0.1, 0.15) is 49.2 Å². The lowest BCUT2D eigenvalue weighted by molar-refractivity contribution is -0.137. The van der Waals surface area contributed by atoms with E-state index >= 15 is 0 Å². The Kier molecular flexibility index (Phi) is 6.47. The zero-order valence-corrected chi connectivity index (χ0v) is 16.3. The van der Waals surface area contributed by atoms with Crippen molar-refractivity contribution in [2.45, 2.75) is 38.7 Å². The number of benzene rings is 3. The standard InChI is InChI=1S/C24H23F3O2/c1-3-17(2)18-9-13-21(14-10-18)28-23(19-7-5-4-6-8-19)29-22-15-11-20(12-16-22)24(25,26)27/h4-17,23H,3H2,1-2H3. The van der Waals surface area contributed by atoms with Crippen LogP contribution in [0.4, 0.5) is 13.2 Å². The van der Waals surface area contributed by atoms with Crippen molar-refractivity contribution in [3.63, 3.8) is 0 Å². The summed E-state index contributed by atoms with van der Waals surface area (Å²) in [6, 6.07) is 21.7. The van der Waals surface area contributed by atoms with Crippen LogP contribution in [-0.2, 0) is 6.18 Å². The van der Waals surface area contributed by atoms with Gasteiger partial charge < -0.3 is 9.47 Å². The molecule has 3 aromatic carbocycles. The highest BCUT2D eigenvalue weighted by molar-refractivity contribution is 5.32. The molecule has 3 aromatic rings. The van der Waals surface area contributed by atoms with Crippen LogP contribution in [0.5, 0.6) is 11.5 Å². The summed E-state index contributed by atoms with van der Waals surface area (Å²) in [6.07, 6.45) is -4.13. The second-order valence-electron chi connectivity index (χ2n) is 6.88. The summed E-state index contributed by atoms with van der Waals surface area (Å²) < 4.78 is 50.3. The summed E-state index contributed by atoms with van der Waals surface area (Å²) >= 11 is 0. The van der Waals surface area contributed by atoms with Crippen LogP contribution < -0.4 is 9.47 Å². The van der Waals surface area contributed by atoms with Crippen LogP contribution in [-0.4, -0.2) is 0 Å². The van der Waals surface area contributed by atoms with Gasteiger partial charge in [0.2, 0.25) is 0 Å². The Morgan fingerprint density at radius 1 is 0.724 bits per heavy atom. The van der Waals surface area contributed by atoms with E-state index < -0.39 is 18.0 Å². The molecule has 0 saturated carbocycles. The highest BCUT2D eigenvalue weighted by Gasteiger charge is 2.30. The minimum Gasteiger partial charge on any atom is -0.451 e. The molecule has 0 bridgehead atoms. The number of hydrogen-bond donors (Lipinski definition) is 0. The van der Waals surface area contributed by atoms with Crippen LogP contribution in [0.3, 0.4) is 0 Å². The number of rotatable bonds is 7. The number of alkyl halides is 3. The first-order chi connectivity index (χ1) is 13.9. The third-order valence-electron chi connectivity index (χ3n) is 4.80. The lowest BCUT2D eigenvalue weighted by Crippen LogP contribution is -2.15. The third kappa shape index (κ3) is 5.53. The molecule has 0 aromatic heterocycles. The second kappa shape index (κ2) is 9.03. The Hall–Kier alpha value is -2.95. The fourth-order valence-electron chi connectivity index (χ4n) is 2.85. The van der Waals surface area contributed by atoms with Crippen molar-refractivity contribution in [1.29, 1.82) is 0 Å². The molecule has 0 radical (unpaired) electrons. The molecular weight excluding hydrogens is 377 g/mol. The van der Waals surface area contributed by atoms with Crippen LogP contribution in [0.2, 0.25) is 0 Å². The van der Waals surface area contributed by atoms with Crippen LogP contribution in [0.15, 0.2) is 78.9 Å². The second-order valence-corrected chi connectivity index (χ2v) is 6.88. The van der Waals surface area contributed by atoms with E-state index in [1.807, 2.05) is 54.6 Å². The summed E-state index contributed by atoms with van der Waals surface area (Å²) in [6.45, 7) is 4.30. The molecule has 0 spiro atoms. The lowest BCUT2D eigenvalue weighted by atomic mass is 9.99. The first-order valence-electron chi connectivity index (χ1n) is 9.52. The molecule has 3 rings (SSSR count). The van der Waals surface area contributed by atoms with Crippen molar-refractivity contribution in [3.05, 3.63) is 95.6 Å². The molecular formula is C24H23F3O2. The maximum Gasteiger partial charge on any atom is 0.416 e. The zero-order valence-electron chi connectivity index (χ0n) is 16.3. The molecule has 5 heteroatoms. The SMILES string of the molecule is CCC(C)c1ccc(OC(Oc2ccc(C(F)(F)F)cc2)c2ccccc2)cc1. The first kappa shape index (κ1) is 20.8. The Morgan fingerprint density at radius 3 is 1.72 bits per heavy atom. The largest absolute Gasteiger partial charge is 0.451 e. The summed E-state index contributed by atoms with van der Waals surface area (Å²) in [5.41, 5.74) is 1.26.